The average Bonchev–Trinajstić information content (AvgIpc) is 3.49. The van der Waals surface area contributed by atoms with E-state index in [1.165, 1.54) is 9.40 Å². The number of rotatable bonds is 4. The number of benzene rings is 2. The van der Waals surface area contributed by atoms with E-state index in [-0.39, 0.29) is 26.5 Å². The van der Waals surface area contributed by atoms with Crippen molar-refractivity contribution in [2.24, 2.45) is 0 Å². The second-order valence-corrected chi connectivity index (χ2v) is 10.7. The molecule has 4 aromatic heterocycles. The maximum Gasteiger partial charge on any atom is 2.00 e. The predicted molar refractivity (Wildman–Crippen MR) is 140 cm³/mol. The Morgan fingerprint density at radius 2 is 1.03 bits per heavy atom. The van der Waals surface area contributed by atoms with Crippen molar-refractivity contribution in [3.63, 3.8) is 0 Å². The van der Waals surface area contributed by atoms with Gasteiger partial charge in [-0.05, 0) is 45.1 Å². The van der Waals surface area contributed by atoms with E-state index < -0.39 is 0 Å². The summed E-state index contributed by atoms with van der Waals surface area (Å²) in [7, 11) is 0. The molecule has 2 aromatic carbocycles. The van der Waals surface area contributed by atoms with E-state index in [9.17, 15) is 0 Å². The minimum atomic E-state index is -0.348. The van der Waals surface area contributed by atoms with Gasteiger partial charge in [0.05, 0.1) is 0 Å². The number of hydrogen-bond acceptors (Lipinski definition) is 4. The Labute approximate surface area is 221 Å². The summed E-state index contributed by atoms with van der Waals surface area (Å²) in [6.07, 6.45) is 0. The summed E-state index contributed by atoms with van der Waals surface area (Å²) in [4.78, 5) is 12.2. The van der Waals surface area contributed by atoms with Gasteiger partial charge in [0.2, 0.25) is 0 Å². The minimum Gasteiger partial charge on any atom is -0.299 e. The number of pyridine rings is 2. The van der Waals surface area contributed by atoms with Crippen molar-refractivity contribution >= 4 is 42.8 Å². The summed E-state index contributed by atoms with van der Waals surface area (Å²) in [6, 6.07) is 36.2. The molecule has 0 saturated carbocycles. The van der Waals surface area contributed by atoms with Crippen LogP contribution in [0, 0.1) is 12.1 Å². The first-order valence-electron chi connectivity index (χ1n) is 10.9. The van der Waals surface area contributed by atoms with Crippen molar-refractivity contribution in [3.8, 4) is 21.1 Å². The SMILES string of the molecule is CC(C)(c1cccc(-c2[c-]c3ccccc3s2)n1)c1cccc(-c2[c-]c3ccccc3s2)n1.[Pt+2]. The van der Waals surface area contributed by atoms with Crippen molar-refractivity contribution in [2.45, 2.75) is 19.3 Å². The van der Waals surface area contributed by atoms with Gasteiger partial charge in [0.15, 0.2) is 0 Å². The fourth-order valence-corrected chi connectivity index (χ4v) is 5.97. The maximum atomic E-state index is 5.06. The number of aromatic nitrogens is 2. The van der Waals surface area contributed by atoms with E-state index in [2.05, 4.69) is 111 Å². The Balaban J connectivity index is 0.00000241. The van der Waals surface area contributed by atoms with Crippen molar-refractivity contribution in [2.75, 3.05) is 0 Å². The molecule has 168 valence electrons. The molecule has 0 bridgehead atoms. The molecule has 0 atom stereocenters. The third-order valence-electron chi connectivity index (χ3n) is 5.94. The first kappa shape index (κ1) is 23.1. The molecule has 4 heterocycles. The number of nitrogens with zero attached hydrogens (tertiary/aromatic N) is 2. The van der Waals surface area contributed by atoms with Gasteiger partial charge in [0, 0.05) is 28.2 Å². The van der Waals surface area contributed by atoms with Crippen molar-refractivity contribution in [1.29, 1.82) is 0 Å². The van der Waals surface area contributed by atoms with Crippen LogP contribution in [0.4, 0.5) is 0 Å². The molecule has 34 heavy (non-hydrogen) atoms. The third-order valence-corrected chi connectivity index (χ3v) is 8.12. The van der Waals surface area contributed by atoms with Gasteiger partial charge in [-0.2, -0.15) is 0 Å². The average molecular weight is 656 g/mol. The van der Waals surface area contributed by atoms with Crippen LogP contribution in [0.25, 0.3) is 41.3 Å². The van der Waals surface area contributed by atoms with E-state index in [0.29, 0.717) is 0 Å². The van der Waals surface area contributed by atoms with E-state index >= 15 is 0 Å². The number of hydrogen-bond donors (Lipinski definition) is 0. The van der Waals surface area contributed by atoms with Crippen molar-refractivity contribution < 1.29 is 21.1 Å². The van der Waals surface area contributed by atoms with Crippen LogP contribution < -0.4 is 0 Å². The van der Waals surface area contributed by atoms with E-state index in [1.807, 2.05) is 0 Å². The molecule has 2 nitrogen and oxygen atoms in total. The predicted octanol–water partition coefficient (Wildman–Crippen LogP) is 8.16. The monoisotopic (exact) mass is 655 g/mol. The van der Waals surface area contributed by atoms with E-state index in [0.717, 1.165) is 43.3 Å². The molecule has 0 spiro atoms. The Bertz CT molecular complexity index is 1430. The standard InChI is InChI=1S/C29H20N2S2.Pt/c1-29(2,27-15-7-11-21(30-27)25-17-19-9-3-5-13-23(19)32-25)28-16-8-12-22(31-28)26-18-20-10-4-6-14-24(20)33-26;/h3-16H,1-2H3;/q-2;+2. The van der Waals surface area contributed by atoms with Gasteiger partial charge in [-0.1, -0.05) is 48.5 Å². The third kappa shape index (κ3) is 4.15. The summed E-state index contributed by atoms with van der Waals surface area (Å²) in [6.45, 7) is 4.38. The van der Waals surface area contributed by atoms with Gasteiger partial charge >= 0.3 is 21.1 Å². The minimum absolute atomic E-state index is 0. The van der Waals surface area contributed by atoms with Crippen LogP contribution in [0.15, 0.2) is 84.9 Å². The van der Waals surface area contributed by atoms with E-state index in [4.69, 9.17) is 9.97 Å². The molecule has 0 aliphatic heterocycles. The molecule has 0 fully saturated rings. The second-order valence-electron chi connectivity index (χ2n) is 8.55. The Hall–Kier alpha value is -2.65. The molecule has 6 rings (SSSR count). The topological polar surface area (TPSA) is 25.8 Å². The summed E-state index contributed by atoms with van der Waals surface area (Å²) in [5.74, 6) is 0. The Morgan fingerprint density at radius 3 is 1.47 bits per heavy atom. The maximum absolute atomic E-state index is 5.06. The molecule has 0 saturated heterocycles. The molecule has 0 aliphatic carbocycles. The summed E-state index contributed by atoms with van der Waals surface area (Å²) in [5, 5.41) is 2.27. The van der Waals surface area contributed by atoms with Gasteiger partial charge in [-0.25, -0.2) is 22.7 Å². The number of thiophene rings is 2. The molecule has 0 aliphatic rings. The van der Waals surface area contributed by atoms with Crippen LogP contribution in [0.3, 0.4) is 0 Å². The summed E-state index contributed by atoms with van der Waals surface area (Å²) >= 11 is 3.46. The van der Waals surface area contributed by atoms with Crippen LogP contribution in [0.2, 0.25) is 0 Å². The summed E-state index contributed by atoms with van der Waals surface area (Å²) in [5.41, 5.74) is 3.55. The molecule has 5 heteroatoms. The first-order chi connectivity index (χ1) is 16.1. The van der Waals surface area contributed by atoms with Crippen molar-refractivity contribution in [3.05, 3.63) is 108 Å². The van der Waals surface area contributed by atoms with Gasteiger partial charge < -0.3 is 0 Å². The number of fused-ring (bicyclic) bond motifs is 2. The molecule has 6 aromatic rings. The van der Waals surface area contributed by atoms with Crippen LogP contribution in [0.1, 0.15) is 25.2 Å². The fourth-order valence-electron chi connectivity index (χ4n) is 4.02. The molecule has 0 radical (unpaired) electrons. The first-order valence-corrected chi connectivity index (χ1v) is 12.5. The van der Waals surface area contributed by atoms with Crippen LogP contribution in [0.5, 0.6) is 0 Å². The van der Waals surface area contributed by atoms with E-state index in [1.54, 1.807) is 22.7 Å². The normalized spacial score (nSPS) is 11.6. The fraction of sp³-hybridized carbons (Fsp3) is 0.103. The van der Waals surface area contributed by atoms with Gasteiger partial charge in [0.25, 0.3) is 0 Å². The van der Waals surface area contributed by atoms with Crippen LogP contribution in [-0.2, 0) is 26.5 Å². The second kappa shape index (κ2) is 9.18. The molecular formula is C29H20N2PtS2. The smallest absolute Gasteiger partial charge is 0.299 e. The van der Waals surface area contributed by atoms with Crippen LogP contribution in [-0.4, -0.2) is 9.97 Å². The van der Waals surface area contributed by atoms with Gasteiger partial charge in [0.1, 0.15) is 0 Å². The molecule has 0 unspecified atom stereocenters. The quantitative estimate of drug-likeness (QED) is 0.179. The molecule has 0 N–H and O–H groups in total. The molecule has 0 amide bonds. The Kier molecular flexibility index (Phi) is 6.24. The zero-order valence-corrected chi connectivity index (χ0v) is 22.5. The zero-order chi connectivity index (χ0) is 22.4. The van der Waals surface area contributed by atoms with Gasteiger partial charge in [-0.3, -0.25) is 9.97 Å². The zero-order valence-electron chi connectivity index (χ0n) is 18.6. The summed E-state index contributed by atoms with van der Waals surface area (Å²) < 4.78 is 2.46. The van der Waals surface area contributed by atoms with Crippen LogP contribution >= 0.6 is 22.7 Å². The molecular weight excluding hydrogens is 636 g/mol. The van der Waals surface area contributed by atoms with Crippen molar-refractivity contribution in [1.82, 2.24) is 9.97 Å². The Morgan fingerprint density at radius 1 is 0.588 bits per heavy atom. The largest absolute Gasteiger partial charge is 2.00 e. The van der Waals surface area contributed by atoms with Gasteiger partial charge in [-0.15, -0.1) is 47.2 Å².